The van der Waals surface area contributed by atoms with E-state index in [1.807, 2.05) is 18.2 Å². The first kappa shape index (κ1) is 21.6. The zero-order chi connectivity index (χ0) is 22.0. The molecule has 1 aliphatic carbocycles. The van der Waals surface area contributed by atoms with Crippen LogP contribution in [-0.4, -0.2) is 31.3 Å². The smallest absolute Gasteiger partial charge is 0.246 e. The molecule has 6 nitrogen and oxygen atoms in total. The highest BCUT2D eigenvalue weighted by Crippen LogP contribution is 2.37. The molecule has 2 aromatic rings. The molecule has 1 amide bonds. The maximum absolute atomic E-state index is 13.5. The molecule has 0 bridgehead atoms. The van der Waals surface area contributed by atoms with Crippen molar-refractivity contribution in [2.75, 3.05) is 11.0 Å². The van der Waals surface area contributed by atoms with Crippen LogP contribution in [0.2, 0.25) is 0 Å². The van der Waals surface area contributed by atoms with E-state index in [4.69, 9.17) is 5.10 Å². The summed E-state index contributed by atoms with van der Waals surface area (Å²) in [6, 6.07) is 15.2. The third kappa shape index (κ3) is 4.98. The van der Waals surface area contributed by atoms with Gasteiger partial charge in [-0.1, -0.05) is 55.7 Å². The van der Waals surface area contributed by atoms with E-state index >= 15 is 0 Å². The molecular weight excluding hydrogens is 410 g/mol. The Morgan fingerprint density at radius 3 is 2.52 bits per heavy atom. The molecule has 1 aliphatic heterocycles. The number of nitrogens with zero attached hydrogens (tertiary/aromatic N) is 2. The third-order valence-electron chi connectivity index (χ3n) is 6.14. The molecule has 0 spiro atoms. The molecule has 0 radical (unpaired) electrons. The Balaban J connectivity index is 1.68. The van der Waals surface area contributed by atoms with Crippen molar-refractivity contribution in [3.05, 3.63) is 65.2 Å². The van der Waals surface area contributed by atoms with Crippen molar-refractivity contribution in [3.63, 3.8) is 0 Å². The number of hydrogen-bond acceptors (Lipinski definition) is 4. The minimum atomic E-state index is -3.37. The molecule has 1 N–H and O–H groups in total. The second kappa shape index (κ2) is 8.83. The van der Waals surface area contributed by atoms with Crippen LogP contribution in [0.1, 0.15) is 61.3 Å². The number of hydrazone groups is 1. The largest absolute Gasteiger partial charge is 0.284 e. The monoisotopic (exact) mass is 439 g/mol. The van der Waals surface area contributed by atoms with Crippen molar-refractivity contribution in [2.45, 2.75) is 51.5 Å². The molecule has 2 aliphatic rings. The molecule has 1 heterocycles. The molecule has 1 saturated carbocycles. The summed E-state index contributed by atoms with van der Waals surface area (Å²) < 4.78 is 25.8. The summed E-state index contributed by atoms with van der Waals surface area (Å²) in [6.45, 7) is 2.06. The summed E-state index contributed by atoms with van der Waals surface area (Å²) in [5.41, 5.74) is 4.36. The van der Waals surface area contributed by atoms with Gasteiger partial charge in [-0.05, 0) is 48.6 Å². The lowest BCUT2D eigenvalue weighted by Gasteiger charge is -2.29. The van der Waals surface area contributed by atoms with E-state index in [1.54, 1.807) is 23.2 Å². The number of nitrogens with one attached hydrogen (secondary N) is 1. The molecule has 2 aromatic carbocycles. The van der Waals surface area contributed by atoms with Gasteiger partial charge in [0.05, 0.1) is 18.0 Å². The Hall–Kier alpha value is -2.67. The van der Waals surface area contributed by atoms with Crippen molar-refractivity contribution in [1.82, 2.24) is 5.01 Å². The predicted molar refractivity (Wildman–Crippen MR) is 123 cm³/mol. The summed E-state index contributed by atoms with van der Waals surface area (Å²) in [4.78, 5) is 13.5. The minimum Gasteiger partial charge on any atom is -0.284 e. The maximum Gasteiger partial charge on any atom is 0.246 e. The average Bonchev–Trinajstić information content (AvgIpc) is 3.18. The van der Waals surface area contributed by atoms with Crippen LogP contribution >= 0.6 is 0 Å². The van der Waals surface area contributed by atoms with Gasteiger partial charge in [0.25, 0.3) is 0 Å². The highest BCUT2D eigenvalue weighted by Gasteiger charge is 2.37. The number of rotatable bonds is 5. The Labute approximate surface area is 184 Å². The van der Waals surface area contributed by atoms with Gasteiger partial charge in [-0.3, -0.25) is 9.52 Å². The first-order chi connectivity index (χ1) is 14.8. The summed E-state index contributed by atoms with van der Waals surface area (Å²) in [5.74, 6) is 0.134. The highest BCUT2D eigenvalue weighted by atomic mass is 32.2. The summed E-state index contributed by atoms with van der Waals surface area (Å²) >= 11 is 0. The van der Waals surface area contributed by atoms with Gasteiger partial charge in [0.1, 0.15) is 0 Å². The van der Waals surface area contributed by atoms with Crippen LogP contribution < -0.4 is 4.72 Å². The van der Waals surface area contributed by atoms with Crippen LogP contribution in [0.25, 0.3) is 0 Å². The van der Waals surface area contributed by atoms with Gasteiger partial charge in [0.2, 0.25) is 15.9 Å². The Morgan fingerprint density at radius 1 is 1.06 bits per heavy atom. The molecule has 164 valence electrons. The molecule has 4 rings (SSSR count). The van der Waals surface area contributed by atoms with Gasteiger partial charge in [-0.15, -0.1) is 0 Å². The number of hydrogen-bond donors (Lipinski definition) is 1. The molecule has 7 heteroatoms. The van der Waals surface area contributed by atoms with Crippen molar-refractivity contribution < 1.29 is 13.2 Å². The summed E-state index contributed by atoms with van der Waals surface area (Å²) in [6.07, 6.45) is 6.96. The number of carbonyl (C=O) groups excluding carboxylic acids is 1. The van der Waals surface area contributed by atoms with Crippen LogP contribution in [0, 0.1) is 12.8 Å². The lowest BCUT2D eigenvalue weighted by atomic mass is 9.87. The van der Waals surface area contributed by atoms with Gasteiger partial charge < -0.3 is 0 Å². The van der Waals surface area contributed by atoms with Crippen LogP contribution in [-0.2, 0) is 14.8 Å². The predicted octanol–water partition coefficient (Wildman–Crippen LogP) is 4.62. The van der Waals surface area contributed by atoms with E-state index in [0.29, 0.717) is 12.1 Å². The van der Waals surface area contributed by atoms with Crippen molar-refractivity contribution in [1.29, 1.82) is 0 Å². The second-order valence-corrected chi connectivity index (χ2v) is 10.3. The van der Waals surface area contributed by atoms with E-state index in [1.165, 1.54) is 6.42 Å². The summed E-state index contributed by atoms with van der Waals surface area (Å²) in [5, 5.41) is 6.49. The maximum atomic E-state index is 13.5. The van der Waals surface area contributed by atoms with E-state index in [2.05, 4.69) is 23.8 Å². The number of sulfonamides is 1. The molecule has 1 fully saturated rings. The van der Waals surface area contributed by atoms with E-state index in [0.717, 1.165) is 54.3 Å². The first-order valence-corrected chi connectivity index (χ1v) is 12.8. The van der Waals surface area contributed by atoms with Crippen molar-refractivity contribution >= 4 is 27.3 Å². The highest BCUT2D eigenvalue weighted by molar-refractivity contribution is 7.92. The first-order valence-electron chi connectivity index (χ1n) is 10.9. The molecular formula is C24H29N3O3S. The normalized spacial score (nSPS) is 19.9. The van der Waals surface area contributed by atoms with Gasteiger partial charge in [0.15, 0.2) is 0 Å². The van der Waals surface area contributed by atoms with Gasteiger partial charge >= 0.3 is 0 Å². The second-order valence-electron chi connectivity index (χ2n) is 8.60. The van der Waals surface area contributed by atoms with Gasteiger partial charge in [0, 0.05) is 18.0 Å². The number of anilines is 1. The van der Waals surface area contributed by atoms with Crippen LogP contribution in [0.15, 0.2) is 53.6 Å². The van der Waals surface area contributed by atoms with Crippen LogP contribution in [0.3, 0.4) is 0 Å². The fraction of sp³-hybridized carbons (Fsp3) is 0.417. The zero-order valence-corrected chi connectivity index (χ0v) is 18.9. The summed E-state index contributed by atoms with van der Waals surface area (Å²) in [7, 11) is -3.37. The molecule has 31 heavy (non-hydrogen) atoms. The molecule has 0 saturated heterocycles. The SMILES string of the molecule is Cc1ccccc1[C@H]1CC(c2cccc(NS(C)(=O)=O)c2)=NN1C(=O)C1CCCCC1. The Bertz CT molecular complexity index is 1100. The van der Waals surface area contributed by atoms with E-state index < -0.39 is 10.0 Å². The van der Waals surface area contributed by atoms with Crippen LogP contribution in [0.5, 0.6) is 0 Å². The van der Waals surface area contributed by atoms with Crippen molar-refractivity contribution in [2.24, 2.45) is 11.0 Å². The van der Waals surface area contributed by atoms with Gasteiger partial charge in [-0.25, -0.2) is 13.4 Å². The average molecular weight is 440 g/mol. The van der Waals surface area contributed by atoms with Crippen molar-refractivity contribution in [3.8, 4) is 0 Å². The number of benzene rings is 2. The van der Waals surface area contributed by atoms with E-state index in [-0.39, 0.29) is 17.9 Å². The fourth-order valence-electron chi connectivity index (χ4n) is 4.60. The van der Waals surface area contributed by atoms with Gasteiger partial charge in [-0.2, -0.15) is 5.10 Å². The standard InChI is InChI=1S/C24H29N3O3S/c1-17-9-6-7-14-21(17)23-16-22(19-12-8-13-20(15-19)26-31(2,29)30)25-27(23)24(28)18-10-4-3-5-11-18/h6-9,12-15,18,23,26H,3-5,10-11,16H2,1-2H3/t23-/m1/s1. The van der Waals surface area contributed by atoms with Crippen LogP contribution in [0.4, 0.5) is 5.69 Å². The molecule has 1 atom stereocenters. The molecule has 0 aromatic heterocycles. The lowest BCUT2D eigenvalue weighted by Crippen LogP contribution is -2.34. The van der Waals surface area contributed by atoms with E-state index in [9.17, 15) is 13.2 Å². The zero-order valence-electron chi connectivity index (χ0n) is 18.0. The minimum absolute atomic E-state index is 0.0293. The number of aryl methyl sites for hydroxylation is 1. The number of amides is 1. The number of carbonyl (C=O) groups is 1. The Morgan fingerprint density at radius 2 is 1.81 bits per heavy atom. The lowest BCUT2D eigenvalue weighted by molar-refractivity contribution is -0.138. The molecule has 0 unspecified atom stereocenters. The topological polar surface area (TPSA) is 78.8 Å². The fourth-order valence-corrected chi connectivity index (χ4v) is 5.16. The third-order valence-corrected chi connectivity index (χ3v) is 6.74. The quantitative estimate of drug-likeness (QED) is 0.738. The Kier molecular flexibility index (Phi) is 6.14.